The quantitative estimate of drug-likeness (QED) is 0.904. The lowest BCUT2D eigenvalue weighted by Gasteiger charge is -2.33. The van der Waals surface area contributed by atoms with E-state index in [1.807, 2.05) is 4.90 Å². The summed E-state index contributed by atoms with van der Waals surface area (Å²) in [4.78, 5) is 4.26. The topological polar surface area (TPSA) is 50.5 Å². The highest BCUT2D eigenvalue weighted by Crippen LogP contribution is 2.36. The molecule has 0 bridgehead atoms. The summed E-state index contributed by atoms with van der Waals surface area (Å²) in [7, 11) is 0. The Morgan fingerprint density at radius 2 is 1.88 bits per heavy atom. The average molecular weight is 353 g/mol. The fourth-order valence-corrected chi connectivity index (χ4v) is 4.02. The third kappa shape index (κ3) is 3.75. The molecule has 2 heterocycles. The van der Waals surface area contributed by atoms with E-state index in [1.54, 1.807) is 12.1 Å². The highest BCUT2D eigenvalue weighted by molar-refractivity contribution is 5.56. The summed E-state index contributed by atoms with van der Waals surface area (Å²) < 4.78 is 39.7. The zero-order valence-electron chi connectivity index (χ0n) is 14.0. The zero-order valence-corrected chi connectivity index (χ0v) is 14.0. The molecule has 2 unspecified atom stereocenters. The van der Waals surface area contributed by atoms with Crippen molar-refractivity contribution in [1.29, 1.82) is 5.26 Å². The maximum Gasteiger partial charge on any atom is 0.417 e. The minimum absolute atomic E-state index is 0.127. The van der Waals surface area contributed by atoms with Crippen molar-refractivity contribution in [2.75, 3.05) is 31.1 Å². The Bertz CT molecular complexity index is 656. The van der Waals surface area contributed by atoms with E-state index in [4.69, 9.17) is 5.26 Å². The van der Waals surface area contributed by atoms with Crippen LogP contribution in [0, 0.1) is 11.3 Å². The van der Waals surface area contributed by atoms with E-state index in [2.05, 4.69) is 4.90 Å². The number of nitriles is 1. The SMILES string of the molecule is N#Cc1ccc(N2CCCC2CN2CCCC2CO)cc1C(F)(F)F. The number of nitrogens with zero attached hydrogens (tertiary/aromatic N) is 3. The standard InChI is InChI=1S/C18H22F3N3O/c19-18(20,21)17-9-14(6-5-13(17)10-22)24-8-2-3-15(24)11-23-7-1-4-16(23)12-25/h5-6,9,15-16,25H,1-4,7-8,11-12H2. The second-order valence-electron chi connectivity index (χ2n) is 6.80. The molecule has 1 N–H and O–H groups in total. The molecule has 1 aromatic rings. The summed E-state index contributed by atoms with van der Waals surface area (Å²) in [5.74, 6) is 0. The summed E-state index contributed by atoms with van der Waals surface area (Å²) in [6, 6.07) is 5.91. The first-order valence-corrected chi connectivity index (χ1v) is 8.67. The van der Waals surface area contributed by atoms with Gasteiger partial charge in [-0.15, -0.1) is 0 Å². The predicted molar refractivity (Wildman–Crippen MR) is 88.2 cm³/mol. The van der Waals surface area contributed by atoms with Crippen LogP contribution in [0.2, 0.25) is 0 Å². The highest BCUT2D eigenvalue weighted by atomic mass is 19.4. The Labute approximate surface area is 145 Å². The molecule has 0 amide bonds. The van der Waals surface area contributed by atoms with Crippen LogP contribution in [0.1, 0.15) is 36.8 Å². The first kappa shape index (κ1) is 18.0. The lowest BCUT2D eigenvalue weighted by Crippen LogP contribution is -2.43. The molecular formula is C18H22F3N3O. The van der Waals surface area contributed by atoms with Gasteiger partial charge < -0.3 is 10.0 Å². The van der Waals surface area contributed by atoms with Gasteiger partial charge in [-0.25, -0.2) is 0 Å². The number of rotatable bonds is 4. The highest BCUT2D eigenvalue weighted by Gasteiger charge is 2.36. The summed E-state index contributed by atoms with van der Waals surface area (Å²) >= 11 is 0. The monoisotopic (exact) mass is 353 g/mol. The second kappa shape index (κ2) is 7.22. The first-order chi connectivity index (χ1) is 11.9. The van der Waals surface area contributed by atoms with Gasteiger partial charge >= 0.3 is 6.18 Å². The van der Waals surface area contributed by atoms with E-state index >= 15 is 0 Å². The Hall–Kier alpha value is -1.78. The van der Waals surface area contributed by atoms with Crippen molar-refractivity contribution >= 4 is 5.69 Å². The number of benzene rings is 1. The van der Waals surface area contributed by atoms with Gasteiger partial charge in [-0.2, -0.15) is 18.4 Å². The first-order valence-electron chi connectivity index (χ1n) is 8.67. The Kier molecular flexibility index (Phi) is 5.21. The van der Waals surface area contributed by atoms with E-state index in [9.17, 15) is 18.3 Å². The van der Waals surface area contributed by atoms with Crippen LogP contribution in [0.4, 0.5) is 18.9 Å². The van der Waals surface area contributed by atoms with Crippen molar-refractivity contribution in [3.8, 4) is 6.07 Å². The lowest BCUT2D eigenvalue weighted by atomic mass is 10.1. The van der Waals surface area contributed by atoms with E-state index in [1.165, 1.54) is 6.07 Å². The smallest absolute Gasteiger partial charge is 0.395 e. The molecule has 2 aliphatic rings. The summed E-state index contributed by atoms with van der Waals surface area (Å²) in [6.45, 7) is 2.52. The van der Waals surface area contributed by atoms with Gasteiger partial charge in [-0.3, -0.25) is 4.90 Å². The van der Waals surface area contributed by atoms with Crippen molar-refractivity contribution in [2.24, 2.45) is 0 Å². The van der Waals surface area contributed by atoms with Gasteiger partial charge in [0.2, 0.25) is 0 Å². The molecule has 0 radical (unpaired) electrons. The van der Waals surface area contributed by atoms with Crippen molar-refractivity contribution in [3.05, 3.63) is 29.3 Å². The molecule has 136 valence electrons. The van der Waals surface area contributed by atoms with E-state index in [0.717, 1.165) is 44.8 Å². The summed E-state index contributed by atoms with van der Waals surface area (Å²) in [6.07, 6.45) is -0.655. The Morgan fingerprint density at radius 3 is 2.56 bits per heavy atom. The molecule has 25 heavy (non-hydrogen) atoms. The normalized spacial score (nSPS) is 24.7. The average Bonchev–Trinajstić information content (AvgIpc) is 3.23. The molecule has 1 aromatic carbocycles. The number of alkyl halides is 3. The fourth-order valence-electron chi connectivity index (χ4n) is 4.02. The summed E-state index contributed by atoms with van der Waals surface area (Å²) in [5.41, 5.74) is -0.687. The van der Waals surface area contributed by atoms with Crippen LogP contribution < -0.4 is 4.90 Å². The molecule has 0 aromatic heterocycles. The van der Waals surface area contributed by atoms with Gasteiger partial charge in [-0.1, -0.05) is 0 Å². The van der Waals surface area contributed by atoms with Gasteiger partial charge in [0.1, 0.15) is 0 Å². The maximum atomic E-state index is 13.2. The molecule has 0 spiro atoms. The number of aliphatic hydroxyl groups is 1. The molecule has 2 aliphatic heterocycles. The van der Waals surface area contributed by atoms with Gasteiger partial charge in [0.25, 0.3) is 0 Å². The van der Waals surface area contributed by atoms with Crippen LogP contribution in [0.5, 0.6) is 0 Å². The minimum atomic E-state index is -4.53. The number of anilines is 1. The van der Waals surface area contributed by atoms with Crippen LogP contribution in [0.15, 0.2) is 18.2 Å². The van der Waals surface area contributed by atoms with Crippen LogP contribution in [0.3, 0.4) is 0 Å². The molecule has 2 saturated heterocycles. The minimum Gasteiger partial charge on any atom is -0.395 e. The van der Waals surface area contributed by atoms with Crippen molar-refractivity contribution in [3.63, 3.8) is 0 Å². The van der Waals surface area contributed by atoms with Crippen molar-refractivity contribution in [1.82, 2.24) is 4.90 Å². The molecule has 3 rings (SSSR count). The van der Waals surface area contributed by atoms with E-state index < -0.39 is 11.7 Å². The van der Waals surface area contributed by atoms with Gasteiger partial charge in [-0.05, 0) is 50.4 Å². The lowest BCUT2D eigenvalue weighted by molar-refractivity contribution is -0.137. The molecule has 4 nitrogen and oxygen atoms in total. The number of hydrogen-bond acceptors (Lipinski definition) is 4. The van der Waals surface area contributed by atoms with E-state index in [0.29, 0.717) is 12.2 Å². The number of hydrogen-bond donors (Lipinski definition) is 1. The molecule has 7 heteroatoms. The van der Waals surface area contributed by atoms with Gasteiger partial charge in [0.15, 0.2) is 0 Å². The van der Waals surface area contributed by atoms with Crippen molar-refractivity contribution < 1.29 is 18.3 Å². The van der Waals surface area contributed by atoms with E-state index in [-0.39, 0.29) is 24.3 Å². The summed E-state index contributed by atoms with van der Waals surface area (Å²) in [5, 5.41) is 18.4. The van der Waals surface area contributed by atoms with Crippen LogP contribution >= 0.6 is 0 Å². The number of likely N-dealkylation sites (tertiary alicyclic amines) is 1. The van der Waals surface area contributed by atoms with Crippen LogP contribution in [-0.2, 0) is 6.18 Å². The Balaban J connectivity index is 1.82. The molecule has 0 aliphatic carbocycles. The maximum absolute atomic E-state index is 13.2. The molecule has 2 atom stereocenters. The second-order valence-corrected chi connectivity index (χ2v) is 6.80. The molecule has 2 fully saturated rings. The van der Waals surface area contributed by atoms with Crippen LogP contribution in [0.25, 0.3) is 0 Å². The van der Waals surface area contributed by atoms with Gasteiger partial charge in [0.05, 0.1) is 23.8 Å². The zero-order chi connectivity index (χ0) is 18.0. The predicted octanol–water partition coefficient (Wildman–Crippen LogP) is 3.00. The van der Waals surface area contributed by atoms with Crippen molar-refractivity contribution in [2.45, 2.75) is 43.9 Å². The Morgan fingerprint density at radius 1 is 1.16 bits per heavy atom. The molecule has 0 saturated carbocycles. The largest absolute Gasteiger partial charge is 0.417 e. The third-order valence-corrected chi connectivity index (χ3v) is 5.29. The third-order valence-electron chi connectivity index (χ3n) is 5.29. The molecular weight excluding hydrogens is 331 g/mol. The fraction of sp³-hybridized carbons (Fsp3) is 0.611. The number of aliphatic hydroxyl groups excluding tert-OH is 1. The number of halogens is 3. The van der Waals surface area contributed by atoms with Gasteiger partial charge in [0, 0.05) is 30.9 Å². The van der Waals surface area contributed by atoms with Crippen LogP contribution in [-0.4, -0.2) is 48.3 Å².